The maximum absolute atomic E-state index is 12.1. The number of alkyl halides is 6. The Bertz CT molecular complexity index is 426. The number of carbonyl (C=O) groups excluding carboxylic acids is 2. The van der Waals surface area contributed by atoms with Crippen LogP contribution in [0.4, 0.5) is 26.3 Å². The van der Waals surface area contributed by atoms with Gasteiger partial charge in [-0.15, -0.1) is 0 Å². The highest BCUT2D eigenvalue weighted by Gasteiger charge is 2.59. The van der Waals surface area contributed by atoms with E-state index in [9.17, 15) is 35.9 Å². The van der Waals surface area contributed by atoms with Gasteiger partial charge >= 0.3 is 24.3 Å². The highest BCUT2D eigenvalue weighted by atomic mass is 19.4. The first-order valence-corrected chi connectivity index (χ1v) is 6.04. The summed E-state index contributed by atoms with van der Waals surface area (Å²) in [7, 11) is 0. The van der Waals surface area contributed by atoms with Gasteiger partial charge in [0.25, 0.3) is 6.10 Å². The molecule has 0 fully saturated rings. The average Bonchev–Trinajstić information content (AvgIpc) is 2.36. The maximum atomic E-state index is 12.1. The lowest BCUT2D eigenvalue weighted by Crippen LogP contribution is -2.46. The average molecular weight is 352 g/mol. The lowest BCUT2D eigenvalue weighted by molar-refractivity contribution is -0.313. The second-order valence-electron chi connectivity index (χ2n) is 4.49. The third-order valence-electron chi connectivity index (χ3n) is 2.04. The van der Waals surface area contributed by atoms with E-state index in [-0.39, 0.29) is 18.3 Å². The van der Waals surface area contributed by atoms with Gasteiger partial charge < -0.3 is 14.2 Å². The van der Waals surface area contributed by atoms with Crippen molar-refractivity contribution < 1.29 is 50.1 Å². The maximum Gasteiger partial charge on any atom is 0.434 e. The van der Waals surface area contributed by atoms with Crippen LogP contribution in [-0.2, 0) is 23.8 Å². The number of halogens is 6. The minimum Gasteiger partial charge on any atom is -0.450 e. The Morgan fingerprint density at radius 3 is 1.87 bits per heavy atom. The molecule has 134 valence electrons. The van der Waals surface area contributed by atoms with Gasteiger partial charge in [-0.2, -0.15) is 26.3 Å². The zero-order valence-electron chi connectivity index (χ0n) is 12.1. The van der Waals surface area contributed by atoms with E-state index < -0.39 is 37.0 Å². The van der Waals surface area contributed by atoms with Crippen molar-refractivity contribution in [3.8, 4) is 0 Å². The van der Waals surface area contributed by atoms with Crippen LogP contribution in [0.15, 0.2) is 12.2 Å². The van der Waals surface area contributed by atoms with Gasteiger partial charge in [-0.05, 0) is 13.8 Å². The van der Waals surface area contributed by atoms with Crippen LogP contribution < -0.4 is 0 Å². The van der Waals surface area contributed by atoms with E-state index in [4.69, 9.17) is 4.74 Å². The van der Waals surface area contributed by atoms with E-state index in [1.807, 2.05) is 0 Å². The molecule has 0 aliphatic carbocycles. The molecule has 0 aliphatic rings. The number of hydrogen-bond acceptors (Lipinski definition) is 5. The molecule has 0 aromatic rings. The van der Waals surface area contributed by atoms with E-state index in [1.54, 1.807) is 13.8 Å². The summed E-state index contributed by atoms with van der Waals surface area (Å²) < 4.78 is 85.3. The van der Waals surface area contributed by atoms with Crippen LogP contribution in [-0.4, -0.2) is 49.7 Å². The second kappa shape index (κ2) is 8.18. The molecule has 0 aromatic carbocycles. The molecule has 0 atom stereocenters. The van der Waals surface area contributed by atoms with E-state index in [2.05, 4.69) is 16.1 Å². The van der Waals surface area contributed by atoms with Crippen LogP contribution in [0.3, 0.4) is 0 Å². The number of esters is 2. The molecule has 0 spiro atoms. The fourth-order valence-electron chi connectivity index (χ4n) is 1.04. The first kappa shape index (κ1) is 21.2. The molecular weight excluding hydrogens is 338 g/mol. The SMILES string of the molecule is C=C(COC(C)C)C(=O)OCC(=O)OC(C(F)(F)F)C(F)(F)F. The van der Waals surface area contributed by atoms with Crippen LogP contribution in [0.2, 0.25) is 0 Å². The van der Waals surface area contributed by atoms with Crippen molar-refractivity contribution in [1.29, 1.82) is 0 Å². The molecule has 0 saturated heterocycles. The number of rotatable bonds is 7. The fourth-order valence-corrected chi connectivity index (χ4v) is 1.04. The van der Waals surface area contributed by atoms with Crippen molar-refractivity contribution in [1.82, 2.24) is 0 Å². The summed E-state index contributed by atoms with van der Waals surface area (Å²) in [5.41, 5.74) is -0.269. The Morgan fingerprint density at radius 2 is 1.48 bits per heavy atom. The van der Waals surface area contributed by atoms with Crippen molar-refractivity contribution in [2.24, 2.45) is 0 Å². The third kappa shape index (κ3) is 8.43. The van der Waals surface area contributed by atoms with Crippen LogP contribution in [0.1, 0.15) is 13.8 Å². The molecule has 0 heterocycles. The molecule has 0 bridgehead atoms. The molecule has 0 rings (SSSR count). The summed E-state index contributed by atoms with van der Waals surface area (Å²) in [6.45, 7) is 4.81. The van der Waals surface area contributed by atoms with Gasteiger partial charge in [0.15, 0.2) is 6.61 Å². The zero-order valence-corrected chi connectivity index (χ0v) is 12.1. The monoisotopic (exact) mass is 352 g/mol. The standard InChI is InChI=1S/C12H14F6O5/c1-6(2)21-4-7(3)9(20)22-5-8(19)23-10(11(13,14)15)12(16,17)18/h6,10H,3-5H2,1-2H3. The van der Waals surface area contributed by atoms with Crippen LogP contribution in [0.5, 0.6) is 0 Å². The molecule has 11 heteroatoms. The number of hydrogen-bond donors (Lipinski definition) is 0. The smallest absolute Gasteiger partial charge is 0.434 e. The Morgan fingerprint density at radius 1 is 1.00 bits per heavy atom. The van der Waals surface area contributed by atoms with Crippen molar-refractivity contribution in [2.45, 2.75) is 38.4 Å². The quantitative estimate of drug-likeness (QED) is 0.400. The summed E-state index contributed by atoms with van der Waals surface area (Å²) in [5.74, 6) is -3.21. The Hall–Kier alpha value is -1.78. The van der Waals surface area contributed by atoms with Crippen molar-refractivity contribution in [2.75, 3.05) is 13.2 Å². The highest BCUT2D eigenvalue weighted by Crippen LogP contribution is 2.35. The minimum atomic E-state index is -5.84. The normalized spacial score (nSPS) is 12.4. The molecule has 0 amide bonds. The predicted molar refractivity (Wildman–Crippen MR) is 63.2 cm³/mol. The lowest BCUT2D eigenvalue weighted by atomic mass is 10.3. The van der Waals surface area contributed by atoms with Gasteiger partial charge in [0.2, 0.25) is 0 Å². The van der Waals surface area contributed by atoms with Crippen LogP contribution >= 0.6 is 0 Å². The number of ether oxygens (including phenoxy) is 3. The second-order valence-corrected chi connectivity index (χ2v) is 4.49. The van der Waals surface area contributed by atoms with Gasteiger partial charge in [-0.25, -0.2) is 9.59 Å². The number of carbonyl (C=O) groups is 2. The largest absolute Gasteiger partial charge is 0.450 e. The summed E-state index contributed by atoms with van der Waals surface area (Å²) >= 11 is 0. The fraction of sp³-hybridized carbons (Fsp3) is 0.667. The zero-order chi connectivity index (χ0) is 18.4. The summed E-state index contributed by atoms with van der Waals surface area (Å²) in [5, 5.41) is 0. The third-order valence-corrected chi connectivity index (χ3v) is 2.04. The molecule has 0 radical (unpaired) electrons. The van der Waals surface area contributed by atoms with E-state index >= 15 is 0 Å². The Labute approximate surface area is 127 Å². The van der Waals surface area contributed by atoms with Gasteiger partial charge in [0, 0.05) is 0 Å². The lowest BCUT2D eigenvalue weighted by Gasteiger charge is -2.22. The van der Waals surface area contributed by atoms with E-state index in [0.29, 0.717) is 0 Å². The van der Waals surface area contributed by atoms with Gasteiger partial charge in [-0.1, -0.05) is 6.58 Å². The Kier molecular flexibility index (Phi) is 7.55. The first-order valence-electron chi connectivity index (χ1n) is 6.04. The summed E-state index contributed by atoms with van der Waals surface area (Å²) in [6.07, 6.45) is -16.2. The van der Waals surface area contributed by atoms with Crippen LogP contribution in [0.25, 0.3) is 0 Å². The van der Waals surface area contributed by atoms with Crippen molar-refractivity contribution >= 4 is 11.9 Å². The van der Waals surface area contributed by atoms with Gasteiger partial charge in [-0.3, -0.25) is 0 Å². The molecule has 0 saturated carbocycles. The van der Waals surface area contributed by atoms with E-state index in [0.717, 1.165) is 0 Å². The molecule has 0 unspecified atom stereocenters. The Balaban J connectivity index is 4.49. The highest BCUT2D eigenvalue weighted by molar-refractivity contribution is 5.89. The van der Waals surface area contributed by atoms with Crippen LogP contribution in [0, 0.1) is 0 Å². The summed E-state index contributed by atoms with van der Waals surface area (Å²) in [6, 6.07) is 0. The molecule has 0 N–H and O–H groups in total. The van der Waals surface area contributed by atoms with Crippen molar-refractivity contribution in [3.05, 3.63) is 12.2 Å². The summed E-state index contributed by atoms with van der Waals surface area (Å²) in [4.78, 5) is 22.3. The first-order chi connectivity index (χ1) is 10.2. The molecular formula is C12H14F6O5. The van der Waals surface area contributed by atoms with Gasteiger partial charge in [0.05, 0.1) is 18.3 Å². The molecule has 5 nitrogen and oxygen atoms in total. The van der Waals surface area contributed by atoms with Crippen molar-refractivity contribution in [3.63, 3.8) is 0 Å². The van der Waals surface area contributed by atoms with Gasteiger partial charge in [0.1, 0.15) is 0 Å². The molecule has 0 aliphatic heterocycles. The topological polar surface area (TPSA) is 61.8 Å². The minimum absolute atomic E-state index is 0.260. The molecule has 23 heavy (non-hydrogen) atoms. The predicted octanol–water partition coefficient (Wildman–Crippen LogP) is 2.55. The molecule has 0 aromatic heterocycles. The van der Waals surface area contributed by atoms with E-state index in [1.165, 1.54) is 0 Å².